The lowest BCUT2D eigenvalue weighted by Crippen LogP contribution is -2.32. The molecule has 2 atom stereocenters. The van der Waals surface area contributed by atoms with Crippen molar-refractivity contribution in [2.75, 3.05) is 18.9 Å². The van der Waals surface area contributed by atoms with Gasteiger partial charge in [0, 0.05) is 19.5 Å². The van der Waals surface area contributed by atoms with Crippen molar-refractivity contribution < 1.29 is 26.7 Å². The minimum atomic E-state index is -4.47. The highest BCUT2D eigenvalue weighted by molar-refractivity contribution is 7.80. The molecule has 2 unspecified atom stereocenters. The maximum atomic E-state index is 13.9. The second-order valence-corrected chi connectivity index (χ2v) is 6.93. The number of anilines is 1. The Bertz CT molecular complexity index is 914. The van der Waals surface area contributed by atoms with Crippen LogP contribution in [0, 0.1) is 17.6 Å². The van der Waals surface area contributed by atoms with E-state index in [9.17, 15) is 26.7 Å². The van der Waals surface area contributed by atoms with Gasteiger partial charge in [-0.15, -0.1) is 0 Å². The van der Waals surface area contributed by atoms with Crippen LogP contribution < -0.4 is 5.32 Å². The Morgan fingerprint density at radius 1 is 1.14 bits per heavy atom. The van der Waals surface area contributed by atoms with Crippen LogP contribution in [0.25, 0.3) is 0 Å². The molecule has 1 heterocycles. The summed E-state index contributed by atoms with van der Waals surface area (Å²) in [6, 6.07) is 7.88. The lowest BCUT2D eigenvalue weighted by molar-refractivity contribution is -0.137. The topological polar surface area (TPSA) is 32.3 Å². The number of carbonyl (C=O) groups excluding carboxylic acids is 1. The van der Waals surface area contributed by atoms with Gasteiger partial charge in [-0.25, -0.2) is 8.78 Å². The Morgan fingerprint density at radius 3 is 2.39 bits per heavy atom. The molecule has 148 valence electrons. The number of likely N-dealkylation sites (tertiary alicyclic amines) is 1. The minimum absolute atomic E-state index is 0.277. The summed E-state index contributed by atoms with van der Waals surface area (Å²) < 4.78 is 65.6. The minimum Gasteiger partial charge on any atom is -0.368 e. The largest absolute Gasteiger partial charge is 0.416 e. The summed E-state index contributed by atoms with van der Waals surface area (Å²) in [6.45, 7) is 0.313. The fourth-order valence-corrected chi connectivity index (χ4v) is 3.57. The molecule has 0 aliphatic carbocycles. The number of amides is 1. The third-order valence-corrected chi connectivity index (χ3v) is 5.24. The summed E-state index contributed by atoms with van der Waals surface area (Å²) in [6.07, 6.45) is -4.47. The Balaban J connectivity index is 1.88. The van der Waals surface area contributed by atoms with Gasteiger partial charge < -0.3 is 10.2 Å². The molecule has 28 heavy (non-hydrogen) atoms. The highest BCUT2D eigenvalue weighted by atomic mass is 32.1. The van der Waals surface area contributed by atoms with Gasteiger partial charge in [0.2, 0.25) is 5.91 Å². The zero-order chi connectivity index (χ0) is 20.6. The summed E-state index contributed by atoms with van der Waals surface area (Å²) in [4.78, 5) is 14.7. The number of nitrogens with one attached hydrogen (secondary N) is 1. The van der Waals surface area contributed by atoms with Gasteiger partial charge in [-0.2, -0.15) is 13.2 Å². The van der Waals surface area contributed by atoms with Crippen LogP contribution in [0.3, 0.4) is 0 Å². The van der Waals surface area contributed by atoms with Crippen molar-refractivity contribution in [3.05, 3.63) is 65.2 Å². The highest BCUT2D eigenvalue weighted by Crippen LogP contribution is 2.37. The van der Waals surface area contributed by atoms with Gasteiger partial charge >= 0.3 is 6.18 Å². The quantitative estimate of drug-likeness (QED) is 0.589. The van der Waals surface area contributed by atoms with Crippen LogP contribution in [-0.2, 0) is 11.0 Å². The molecule has 1 amide bonds. The SMILES string of the molecule is CN1CC(c2ccc(C(F)(F)F)cc2)C(C(=O)Nc2cccc(F)c2F)C1=S. The molecule has 9 heteroatoms. The molecule has 1 aliphatic heterocycles. The third-order valence-electron chi connectivity index (χ3n) is 4.67. The number of hydrogen-bond donors (Lipinski definition) is 1. The zero-order valence-corrected chi connectivity index (χ0v) is 15.4. The van der Waals surface area contributed by atoms with E-state index in [-0.39, 0.29) is 10.7 Å². The van der Waals surface area contributed by atoms with Crippen molar-refractivity contribution in [2.24, 2.45) is 5.92 Å². The van der Waals surface area contributed by atoms with E-state index < -0.39 is 41.1 Å². The van der Waals surface area contributed by atoms with Crippen molar-refractivity contribution in [1.82, 2.24) is 4.90 Å². The molecule has 1 aliphatic rings. The maximum Gasteiger partial charge on any atom is 0.416 e. The number of hydrogen-bond acceptors (Lipinski definition) is 2. The van der Waals surface area contributed by atoms with Crippen LogP contribution in [0.1, 0.15) is 17.0 Å². The summed E-state index contributed by atoms with van der Waals surface area (Å²) in [5.74, 6) is -4.37. The van der Waals surface area contributed by atoms with Crippen molar-refractivity contribution >= 4 is 28.8 Å². The number of nitrogens with zero attached hydrogens (tertiary/aromatic N) is 1. The van der Waals surface area contributed by atoms with Gasteiger partial charge in [-0.05, 0) is 29.8 Å². The van der Waals surface area contributed by atoms with E-state index in [1.54, 1.807) is 11.9 Å². The summed E-state index contributed by atoms with van der Waals surface area (Å²) in [7, 11) is 1.66. The van der Waals surface area contributed by atoms with E-state index in [4.69, 9.17) is 12.2 Å². The first-order valence-corrected chi connectivity index (χ1v) is 8.67. The van der Waals surface area contributed by atoms with Crippen LogP contribution in [-0.4, -0.2) is 29.4 Å². The Hall–Kier alpha value is -2.55. The number of carbonyl (C=O) groups is 1. The normalized spacial score (nSPS) is 19.8. The third kappa shape index (κ3) is 3.84. The van der Waals surface area contributed by atoms with Gasteiger partial charge in [-0.1, -0.05) is 30.4 Å². The summed E-state index contributed by atoms with van der Waals surface area (Å²) >= 11 is 5.29. The number of benzene rings is 2. The number of alkyl halides is 3. The van der Waals surface area contributed by atoms with Gasteiger partial charge in [0.15, 0.2) is 11.6 Å². The van der Waals surface area contributed by atoms with Gasteiger partial charge in [0.1, 0.15) is 0 Å². The molecule has 1 fully saturated rings. The number of thiocarbonyl (C=S) groups is 1. The monoisotopic (exact) mass is 414 g/mol. The van der Waals surface area contributed by atoms with Crippen LogP contribution in [0.2, 0.25) is 0 Å². The maximum absolute atomic E-state index is 13.9. The van der Waals surface area contributed by atoms with Crippen LogP contribution in [0.5, 0.6) is 0 Å². The molecule has 2 aromatic rings. The number of likely N-dealkylation sites (N-methyl/N-ethyl adjacent to an activating group) is 1. The molecular weight excluding hydrogens is 399 g/mol. The molecule has 1 saturated heterocycles. The van der Waals surface area contributed by atoms with E-state index in [1.165, 1.54) is 24.3 Å². The fourth-order valence-electron chi connectivity index (χ4n) is 3.22. The number of halogens is 5. The predicted molar refractivity (Wildman–Crippen MR) is 97.9 cm³/mol. The lowest BCUT2D eigenvalue weighted by Gasteiger charge is -2.19. The van der Waals surface area contributed by atoms with Gasteiger partial charge in [0.05, 0.1) is 22.2 Å². The van der Waals surface area contributed by atoms with Crippen LogP contribution in [0.15, 0.2) is 42.5 Å². The van der Waals surface area contributed by atoms with Gasteiger partial charge in [-0.3, -0.25) is 4.79 Å². The van der Waals surface area contributed by atoms with E-state index in [1.807, 2.05) is 0 Å². The Kier molecular flexibility index (Phi) is 5.38. The zero-order valence-electron chi connectivity index (χ0n) is 14.6. The molecule has 3 nitrogen and oxygen atoms in total. The molecule has 3 rings (SSSR count). The van der Waals surface area contributed by atoms with E-state index >= 15 is 0 Å². The van der Waals surface area contributed by atoms with Crippen molar-refractivity contribution in [3.63, 3.8) is 0 Å². The first-order valence-electron chi connectivity index (χ1n) is 8.26. The van der Waals surface area contributed by atoms with Gasteiger partial charge in [0.25, 0.3) is 0 Å². The number of rotatable bonds is 3. The average molecular weight is 414 g/mol. The summed E-state index contributed by atoms with van der Waals surface area (Å²) in [5.41, 5.74) is -0.624. The van der Waals surface area contributed by atoms with E-state index in [0.29, 0.717) is 12.1 Å². The first-order chi connectivity index (χ1) is 13.1. The highest BCUT2D eigenvalue weighted by Gasteiger charge is 2.42. The van der Waals surface area contributed by atoms with Crippen molar-refractivity contribution in [3.8, 4) is 0 Å². The molecule has 0 aromatic heterocycles. The molecule has 0 bridgehead atoms. The standard InChI is InChI=1S/C19H15F5N2OS/c1-26-9-12(10-5-7-11(8-6-10)19(22,23)24)15(18(26)28)17(27)25-14-4-2-3-13(20)16(14)21/h2-8,12,15H,9H2,1H3,(H,25,27). The fraction of sp³-hybridized carbons (Fsp3) is 0.263. The second-order valence-electron chi connectivity index (χ2n) is 6.51. The second kappa shape index (κ2) is 7.46. The first kappa shape index (κ1) is 20.2. The van der Waals surface area contributed by atoms with Crippen LogP contribution >= 0.6 is 12.2 Å². The average Bonchev–Trinajstić information content (AvgIpc) is 2.93. The Labute approximate surface area is 163 Å². The molecule has 1 N–H and O–H groups in total. The summed E-state index contributed by atoms with van der Waals surface area (Å²) in [5, 5.41) is 2.33. The predicted octanol–water partition coefficient (Wildman–Crippen LogP) is 4.59. The van der Waals surface area contributed by atoms with Crippen molar-refractivity contribution in [2.45, 2.75) is 12.1 Å². The molecule has 0 radical (unpaired) electrons. The molecular formula is C19H15F5N2OS. The molecule has 0 spiro atoms. The van der Waals surface area contributed by atoms with Crippen LogP contribution in [0.4, 0.5) is 27.6 Å². The smallest absolute Gasteiger partial charge is 0.368 e. The van der Waals surface area contributed by atoms with E-state index in [0.717, 1.165) is 18.2 Å². The molecule has 2 aromatic carbocycles. The van der Waals surface area contributed by atoms with E-state index in [2.05, 4.69) is 5.32 Å². The molecule has 0 saturated carbocycles. The lowest BCUT2D eigenvalue weighted by atomic mass is 9.87. The Morgan fingerprint density at radius 2 is 1.79 bits per heavy atom. The van der Waals surface area contributed by atoms with Crippen molar-refractivity contribution in [1.29, 1.82) is 0 Å².